The molecule has 196 valence electrons. The number of aliphatic hydroxyl groups is 2. The Morgan fingerprint density at radius 3 is 2.57 bits per heavy atom. The van der Waals surface area contributed by atoms with Gasteiger partial charge in [0.15, 0.2) is 17.6 Å². The fourth-order valence-corrected chi connectivity index (χ4v) is 6.59. The summed E-state index contributed by atoms with van der Waals surface area (Å²) in [7, 11) is 0. The van der Waals surface area contributed by atoms with Crippen molar-refractivity contribution in [3.8, 4) is 0 Å². The van der Waals surface area contributed by atoms with Crippen LogP contribution in [0.2, 0.25) is 0 Å². The van der Waals surface area contributed by atoms with Gasteiger partial charge in [0.2, 0.25) is 17.6 Å². The van der Waals surface area contributed by atoms with Gasteiger partial charge in [0, 0.05) is 24.9 Å². The second kappa shape index (κ2) is 8.15. The number of fused-ring (bicyclic) bond motifs is 1. The molecule has 1 aromatic carbocycles. The summed E-state index contributed by atoms with van der Waals surface area (Å²) in [5.41, 5.74) is 0.790. The number of benzene rings is 1. The molecule has 1 aromatic rings. The first kappa shape index (κ1) is 23.7. The fourth-order valence-electron chi connectivity index (χ4n) is 6.59. The molecule has 2 unspecified atom stereocenters. The molecular weight excluding hydrogens is 480 g/mol. The third-order valence-corrected chi connectivity index (χ3v) is 8.38. The van der Waals surface area contributed by atoms with E-state index < -0.39 is 35.5 Å². The van der Waals surface area contributed by atoms with Gasteiger partial charge in [0.1, 0.15) is 6.04 Å². The van der Waals surface area contributed by atoms with Crippen LogP contribution in [0, 0.1) is 10.8 Å². The standard InChI is InChI=1S/C24H30N8O5/c25-21-29-19-15(10-31-17(33)8-9-18(31)34)27-22(26)32-11-16(24(36,37)23(19,32)30-21)28-20(35)14-7-3-5-12-4-1-2-6-13(12)14/h3,5,7,15-16,19,36-37H,1-2,4,6,8-11H2,(H2,26,27)(H,28,35)(H3,25,29,30)/t15-,16-,19?,23?/m0/s1. The molecule has 5 aliphatic rings. The van der Waals surface area contributed by atoms with Crippen LogP contribution in [-0.2, 0) is 22.4 Å². The number of hydrogen-bond donors (Lipinski definition) is 8. The largest absolute Gasteiger partial charge is 0.361 e. The van der Waals surface area contributed by atoms with Crippen molar-refractivity contribution in [2.75, 3.05) is 13.1 Å². The van der Waals surface area contributed by atoms with Crippen molar-refractivity contribution in [1.29, 1.82) is 10.8 Å². The predicted octanol–water partition coefficient (Wildman–Crippen LogP) is -2.09. The first-order valence-corrected chi connectivity index (χ1v) is 12.6. The Hall–Kier alpha value is -3.71. The van der Waals surface area contributed by atoms with Gasteiger partial charge in [-0.05, 0) is 42.9 Å². The zero-order valence-electron chi connectivity index (χ0n) is 20.1. The van der Waals surface area contributed by atoms with Crippen LogP contribution in [0.5, 0.6) is 0 Å². The molecule has 8 N–H and O–H groups in total. The quantitative estimate of drug-likeness (QED) is 0.166. The number of aryl methyl sites for hydroxylation is 1. The van der Waals surface area contributed by atoms with Gasteiger partial charge in [-0.2, -0.15) is 0 Å². The van der Waals surface area contributed by atoms with Crippen LogP contribution in [0.3, 0.4) is 0 Å². The van der Waals surface area contributed by atoms with E-state index in [2.05, 4.69) is 21.3 Å². The average molecular weight is 511 g/mol. The average Bonchev–Trinajstić information content (AvgIpc) is 3.46. The van der Waals surface area contributed by atoms with Crippen LogP contribution >= 0.6 is 0 Å². The van der Waals surface area contributed by atoms with Gasteiger partial charge in [-0.25, -0.2) is 0 Å². The maximum absolute atomic E-state index is 13.4. The molecule has 1 spiro atoms. The van der Waals surface area contributed by atoms with Crippen molar-refractivity contribution in [3.05, 3.63) is 34.9 Å². The molecule has 1 aliphatic carbocycles. The minimum absolute atomic E-state index is 0.105. The van der Waals surface area contributed by atoms with Crippen molar-refractivity contribution < 1.29 is 24.6 Å². The van der Waals surface area contributed by atoms with Gasteiger partial charge in [-0.1, -0.05) is 12.1 Å². The summed E-state index contributed by atoms with van der Waals surface area (Å²) in [6.07, 6.45) is 3.92. The molecule has 4 fully saturated rings. The Bertz CT molecular complexity index is 1220. The Labute approximate surface area is 212 Å². The second-order valence-corrected chi connectivity index (χ2v) is 10.4. The monoisotopic (exact) mass is 510 g/mol. The number of guanidine groups is 2. The highest BCUT2D eigenvalue weighted by molar-refractivity contribution is 6.02. The van der Waals surface area contributed by atoms with Crippen LogP contribution in [0.25, 0.3) is 0 Å². The van der Waals surface area contributed by atoms with Gasteiger partial charge in [0.05, 0.1) is 18.6 Å². The van der Waals surface area contributed by atoms with Crippen LogP contribution in [-0.4, -0.2) is 92.3 Å². The summed E-state index contributed by atoms with van der Waals surface area (Å²) in [5.74, 6) is -4.10. The van der Waals surface area contributed by atoms with E-state index in [1.807, 2.05) is 12.1 Å². The number of carbonyl (C=O) groups excluding carboxylic acids is 3. The lowest BCUT2D eigenvalue weighted by Crippen LogP contribution is -2.81. The number of amides is 3. The molecule has 13 nitrogen and oxygen atoms in total. The number of carbonyl (C=O) groups is 3. The molecule has 4 aliphatic heterocycles. The normalized spacial score (nSPS) is 31.8. The van der Waals surface area contributed by atoms with Crippen molar-refractivity contribution in [1.82, 2.24) is 31.1 Å². The molecular formula is C24H30N8O5. The van der Waals surface area contributed by atoms with Gasteiger partial charge in [0.25, 0.3) is 5.91 Å². The molecule has 4 heterocycles. The van der Waals surface area contributed by atoms with E-state index in [-0.39, 0.29) is 49.7 Å². The van der Waals surface area contributed by atoms with Crippen LogP contribution in [0.1, 0.15) is 47.2 Å². The van der Waals surface area contributed by atoms with E-state index >= 15 is 0 Å². The minimum Gasteiger partial charge on any atom is -0.361 e. The smallest absolute Gasteiger partial charge is 0.252 e. The van der Waals surface area contributed by atoms with E-state index in [4.69, 9.17) is 10.8 Å². The molecule has 3 amide bonds. The summed E-state index contributed by atoms with van der Waals surface area (Å²) < 4.78 is 0. The number of nitrogens with zero attached hydrogens (tertiary/aromatic N) is 2. The molecule has 0 aromatic heterocycles. The summed E-state index contributed by atoms with van der Waals surface area (Å²) in [6.45, 7) is -0.224. The first-order valence-electron chi connectivity index (χ1n) is 12.6. The van der Waals surface area contributed by atoms with Crippen molar-refractivity contribution in [3.63, 3.8) is 0 Å². The van der Waals surface area contributed by atoms with Crippen molar-refractivity contribution >= 4 is 29.6 Å². The number of rotatable bonds is 4. The van der Waals surface area contributed by atoms with Crippen LogP contribution in [0.15, 0.2) is 18.2 Å². The third kappa shape index (κ3) is 3.33. The molecule has 0 saturated carbocycles. The lowest BCUT2D eigenvalue weighted by molar-refractivity contribution is -0.232. The summed E-state index contributed by atoms with van der Waals surface area (Å²) in [4.78, 5) is 40.4. The Balaban J connectivity index is 1.31. The number of imide groups is 1. The summed E-state index contributed by atoms with van der Waals surface area (Å²) >= 11 is 0. The Kier molecular flexibility index (Phi) is 5.21. The molecule has 4 saturated heterocycles. The maximum atomic E-state index is 13.4. The maximum Gasteiger partial charge on any atom is 0.252 e. The fraction of sp³-hybridized carbons (Fsp3) is 0.542. The summed E-state index contributed by atoms with van der Waals surface area (Å²) in [6, 6.07) is 2.64. The topological polar surface area (TPSA) is 194 Å². The Morgan fingerprint density at radius 1 is 1.08 bits per heavy atom. The van der Waals surface area contributed by atoms with E-state index in [1.54, 1.807) is 6.07 Å². The Morgan fingerprint density at radius 2 is 1.81 bits per heavy atom. The van der Waals surface area contributed by atoms with Crippen molar-refractivity contribution in [2.24, 2.45) is 0 Å². The lowest BCUT2D eigenvalue weighted by atomic mass is 9.84. The number of nitrogens with one attached hydrogen (secondary N) is 6. The molecule has 4 atom stereocenters. The van der Waals surface area contributed by atoms with Gasteiger partial charge in [-0.3, -0.25) is 30.1 Å². The SMILES string of the molecule is N=C1NC2[C@H](CN3C(=O)CCC3=O)NC(=N)N3C[C@H](NC(=O)c4cccc5c4CCCC5)C(O)(O)C23N1. The van der Waals surface area contributed by atoms with Gasteiger partial charge >= 0.3 is 0 Å². The van der Waals surface area contributed by atoms with Crippen LogP contribution < -0.4 is 21.3 Å². The van der Waals surface area contributed by atoms with E-state index in [9.17, 15) is 24.6 Å². The molecule has 0 bridgehead atoms. The zero-order chi connectivity index (χ0) is 26.1. The molecule has 13 heteroatoms. The highest BCUT2D eigenvalue weighted by Crippen LogP contribution is 2.43. The van der Waals surface area contributed by atoms with Crippen LogP contribution in [0.4, 0.5) is 0 Å². The number of likely N-dealkylation sites (tertiary alicyclic amines) is 1. The second-order valence-electron chi connectivity index (χ2n) is 10.4. The molecule has 6 rings (SSSR count). The first-order chi connectivity index (χ1) is 17.6. The summed E-state index contributed by atoms with van der Waals surface area (Å²) in [5, 5.41) is 51.4. The minimum atomic E-state index is -2.62. The molecule has 0 radical (unpaired) electrons. The predicted molar refractivity (Wildman–Crippen MR) is 129 cm³/mol. The zero-order valence-corrected chi connectivity index (χ0v) is 20.1. The van der Waals surface area contributed by atoms with E-state index in [0.29, 0.717) is 5.56 Å². The van der Waals surface area contributed by atoms with E-state index in [0.717, 1.165) is 41.7 Å². The highest BCUT2D eigenvalue weighted by atomic mass is 16.5. The van der Waals surface area contributed by atoms with E-state index in [1.165, 1.54) is 4.90 Å². The van der Waals surface area contributed by atoms with Gasteiger partial charge in [-0.15, -0.1) is 0 Å². The number of hydrogen-bond acceptors (Lipinski definition) is 7. The third-order valence-electron chi connectivity index (χ3n) is 8.38. The van der Waals surface area contributed by atoms with Crippen molar-refractivity contribution in [2.45, 2.75) is 68.1 Å². The van der Waals surface area contributed by atoms with Gasteiger partial charge < -0.3 is 36.4 Å². The lowest BCUT2D eigenvalue weighted by Gasteiger charge is -2.51. The highest BCUT2D eigenvalue weighted by Gasteiger charge is 2.74. The molecule has 37 heavy (non-hydrogen) atoms.